The molecule has 1 N–H and O–H groups in total. The lowest BCUT2D eigenvalue weighted by atomic mass is 10.3. The fraction of sp³-hybridized carbons (Fsp3) is 0.556. The molecule has 0 aromatic carbocycles. The smallest absolute Gasteiger partial charge is 0.266 e. The SMILES string of the molecule is CCCc1cc(=O)n(CCC#N)[nH]1. The zero-order chi connectivity index (χ0) is 9.68. The minimum atomic E-state index is -0.0429. The zero-order valence-electron chi connectivity index (χ0n) is 7.71. The molecule has 0 bridgehead atoms. The van der Waals surface area contributed by atoms with Crippen LogP contribution in [-0.4, -0.2) is 9.78 Å². The highest BCUT2D eigenvalue weighted by Crippen LogP contribution is 1.95. The van der Waals surface area contributed by atoms with Gasteiger partial charge in [-0.2, -0.15) is 5.26 Å². The van der Waals surface area contributed by atoms with Gasteiger partial charge in [0.1, 0.15) is 0 Å². The van der Waals surface area contributed by atoms with E-state index in [-0.39, 0.29) is 5.56 Å². The summed E-state index contributed by atoms with van der Waals surface area (Å²) in [4.78, 5) is 11.2. The Kier molecular flexibility index (Phi) is 3.32. The van der Waals surface area contributed by atoms with Crippen LogP contribution in [0.15, 0.2) is 10.9 Å². The minimum absolute atomic E-state index is 0.0429. The average molecular weight is 179 g/mol. The van der Waals surface area contributed by atoms with Crippen molar-refractivity contribution in [3.63, 3.8) is 0 Å². The lowest BCUT2D eigenvalue weighted by Gasteiger charge is -1.96. The van der Waals surface area contributed by atoms with Crippen molar-refractivity contribution in [2.45, 2.75) is 32.7 Å². The van der Waals surface area contributed by atoms with E-state index in [1.54, 1.807) is 6.07 Å². The van der Waals surface area contributed by atoms with Gasteiger partial charge in [0.25, 0.3) is 5.56 Å². The predicted molar refractivity (Wildman–Crippen MR) is 49.3 cm³/mol. The van der Waals surface area contributed by atoms with Gasteiger partial charge in [-0.3, -0.25) is 14.6 Å². The van der Waals surface area contributed by atoms with Crippen LogP contribution < -0.4 is 5.56 Å². The van der Waals surface area contributed by atoms with Crippen LogP contribution in [-0.2, 0) is 13.0 Å². The molecule has 1 aromatic rings. The molecule has 4 heteroatoms. The second kappa shape index (κ2) is 4.51. The Labute approximate surface area is 76.8 Å². The van der Waals surface area contributed by atoms with Gasteiger partial charge in [-0.15, -0.1) is 0 Å². The summed E-state index contributed by atoms with van der Waals surface area (Å²) < 4.78 is 1.48. The standard InChI is InChI=1S/C9H13N3O/c1-2-4-8-7-9(13)12(11-8)6-3-5-10/h7,11H,2-4,6H2,1H3. The molecule has 0 fully saturated rings. The van der Waals surface area contributed by atoms with Gasteiger partial charge in [0.15, 0.2) is 0 Å². The quantitative estimate of drug-likeness (QED) is 0.750. The van der Waals surface area contributed by atoms with E-state index in [2.05, 4.69) is 12.0 Å². The summed E-state index contributed by atoms with van der Waals surface area (Å²) in [6, 6.07) is 3.60. The Hall–Kier alpha value is -1.50. The lowest BCUT2D eigenvalue weighted by molar-refractivity contribution is 0.598. The minimum Gasteiger partial charge on any atom is -0.300 e. The molecule has 0 radical (unpaired) electrons. The monoisotopic (exact) mass is 179 g/mol. The van der Waals surface area contributed by atoms with Crippen LogP contribution in [0.3, 0.4) is 0 Å². The highest BCUT2D eigenvalue weighted by atomic mass is 16.1. The van der Waals surface area contributed by atoms with Crippen LogP contribution in [0.4, 0.5) is 0 Å². The first-order chi connectivity index (χ1) is 6.27. The Morgan fingerprint density at radius 3 is 3.08 bits per heavy atom. The predicted octanol–water partition coefficient (Wildman–Crippen LogP) is 1.04. The molecular weight excluding hydrogens is 166 g/mol. The van der Waals surface area contributed by atoms with E-state index in [0.717, 1.165) is 18.5 Å². The number of aromatic amines is 1. The van der Waals surface area contributed by atoms with Gasteiger partial charge < -0.3 is 0 Å². The van der Waals surface area contributed by atoms with Crippen LogP contribution >= 0.6 is 0 Å². The summed E-state index contributed by atoms with van der Waals surface area (Å²) in [5.41, 5.74) is 0.907. The average Bonchev–Trinajstić information content (AvgIpc) is 2.44. The van der Waals surface area contributed by atoms with Crippen molar-refractivity contribution >= 4 is 0 Å². The van der Waals surface area contributed by atoms with E-state index in [0.29, 0.717) is 13.0 Å². The fourth-order valence-electron chi connectivity index (χ4n) is 1.21. The molecule has 0 aliphatic rings. The topological polar surface area (TPSA) is 61.6 Å². The number of hydrogen-bond donors (Lipinski definition) is 1. The van der Waals surface area contributed by atoms with Crippen LogP contribution in [0.2, 0.25) is 0 Å². The maximum atomic E-state index is 11.2. The summed E-state index contributed by atoms with van der Waals surface area (Å²) >= 11 is 0. The zero-order valence-corrected chi connectivity index (χ0v) is 7.71. The highest BCUT2D eigenvalue weighted by Gasteiger charge is 2.00. The maximum Gasteiger partial charge on any atom is 0.266 e. The Bertz CT molecular complexity index is 356. The van der Waals surface area contributed by atoms with Crippen LogP contribution in [0.1, 0.15) is 25.5 Å². The Balaban J connectivity index is 2.73. The molecule has 13 heavy (non-hydrogen) atoms. The number of nitriles is 1. The molecule has 0 atom stereocenters. The number of hydrogen-bond acceptors (Lipinski definition) is 2. The summed E-state index contributed by atoms with van der Waals surface area (Å²) in [6.45, 7) is 2.52. The number of rotatable bonds is 4. The molecule has 0 saturated heterocycles. The molecule has 1 rings (SSSR count). The van der Waals surface area contributed by atoms with Gasteiger partial charge in [-0.05, 0) is 6.42 Å². The number of aromatic nitrogens is 2. The lowest BCUT2D eigenvalue weighted by Crippen LogP contribution is -2.15. The van der Waals surface area contributed by atoms with Gasteiger partial charge in [0.05, 0.1) is 19.0 Å². The van der Waals surface area contributed by atoms with Crippen molar-refractivity contribution < 1.29 is 0 Å². The van der Waals surface area contributed by atoms with Crippen molar-refractivity contribution in [2.75, 3.05) is 0 Å². The van der Waals surface area contributed by atoms with E-state index in [9.17, 15) is 4.79 Å². The third-order valence-corrected chi connectivity index (χ3v) is 1.81. The fourth-order valence-corrected chi connectivity index (χ4v) is 1.21. The summed E-state index contributed by atoms with van der Waals surface area (Å²) in [6.07, 6.45) is 2.26. The van der Waals surface area contributed by atoms with Crippen molar-refractivity contribution in [3.05, 3.63) is 22.1 Å². The molecule has 1 aromatic heterocycles. The van der Waals surface area contributed by atoms with E-state index in [1.165, 1.54) is 4.68 Å². The maximum absolute atomic E-state index is 11.2. The molecule has 0 unspecified atom stereocenters. The Morgan fingerprint density at radius 1 is 1.69 bits per heavy atom. The summed E-state index contributed by atoms with van der Waals surface area (Å²) in [7, 11) is 0. The second-order valence-corrected chi connectivity index (χ2v) is 2.93. The normalized spacial score (nSPS) is 9.85. The molecule has 70 valence electrons. The molecule has 0 amide bonds. The number of aryl methyl sites for hydroxylation is 2. The van der Waals surface area contributed by atoms with Gasteiger partial charge in [-0.1, -0.05) is 13.3 Å². The highest BCUT2D eigenvalue weighted by molar-refractivity contribution is 4.99. The van der Waals surface area contributed by atoms with Gasteiger partial charge in [-0.25, -0.2) is 0 Å². The first-order valence-corrected chi connectivity index (χ1v) is 4.43. The van der Waals surface area contributed by atoms with Crippen LogP contribution in [0, 0.1) is 11.3 Å². The summed E-state index contributed by atoms with van der Waals surface area (Å²) in [5.74, 6) is 0. The number of nitrogens with zero attached hydrogens (tertiary/aromatic N) is 2. The van der Waals surface area contributed by atoms with Crippen LogP contribution in [0.5, 0.6) is 0 Å². The first-order valence-electron chi connectivity index (χ1n) is 4.43. The van der Waals surface area contributed by atoms with E-state index < -0.39 is 0 Å². The van der Waals surface area contributed by atoms with Gasteiger partial charge in [0.2, 0.25) is 0 Å². The third kappa shape index (κ3) is 2.48. The molecule has 4 nitrogen and oxygen atoms in total. The van der Waals surface area contributed by atoms with Gasteiger partial charge in [0, 0.05) is 11.8 Å². The first kappa shape index (κ1) is 9.59. The number of nitrogens with one attached hydrogen (secondary N) is 1. The third-order valence-electron chi connectivity index (χ3n) is 1.81. The van der Waals surface area contributed by atoms with E-state index in [1.807, 2.05) is 6.07 Å². The van der Waals surface area contributed by atoms with Crippen LogP contribution in [0.25, 0.3) is 0 Å². The molecular formula is C9H13N3O. The van der Waals surface area contributed by atoms with Crippen molar-refractivity contribution in [3.8, 4) is 6.07 Å². The largest absolute Gasteiger partial charge is 0.300 e. The summed E-state index contributed by atoms with van der Waals surface area (Å²) in [5, 5.41) is 11.3. The van der Waals surface area contributed by atoms with Crippen molar-refractivity contribution in [2.24, 2.45) is 0 Å². The van der Waals surface area contributed by atoms with Crippen molar-refractivity contribution in [1.82, 2.24) is 9.78 Å². The molecule has 0 aliphatic carbocycles. The molecule has 0 saturated carbocycles. The Morgan fingerprint density at radius 2 is 2.46 bits per heavy atom. The molecule has 0 spiro atoms. The molecule has 1 heterocycles. The van der Waals surface area contributed by atoms with E-state index >= 15 is 0 Å². The second-order valence-electron chi connectivity index (χ2n) is 2.93. The van der Waals surface area contributed by atoms with Crippen molar-refractivity contribution in [1.29, 1.82) is 5.26 Å². The van der Waals surface area contributed by atoms with E-state index in [4.69, 9.17) is 5.26 Å². The number of H-pyrrole nitrogens is 1. The molecule has 0 aliphatic heterocycles. The van der Waals surface area contributed by atoms with Gasteiger partial charge >= 0.3 is 0 Å².